The normalized spacial score (nSPS) is 14.6. The van der Waals surface area contributed by atoms with Gasteiger partial charge in [-0.3, -0.25) is 4.79 Å². The first-order chi connectivity index (χ1) is 17.8. The van der Waals surface area contributed by atoms with E-state index in [0.29, 0.717) is 49.5 Å². The molecule has 0 unspecified atom stereocenters. The summed E-state index contributed by atoms with van der Waals surface area (Å²) in [6, 6.07) is 20.3. The molecule has 1 aromatic heterocycles. The number of para-hydroxylation sites is 1. The van der Waals surface area contributed by atoms with E-state index in [2.05, 4.69) is 4.90 Å². The van der Waals surface area contributed by atoms with E-state index in [4.69, 9.17) is 14.7 Å². The number of carbonyl (C=O) groups excluding carboxylic acids is 1. The number of piperidine rings is 1. The Kier molecular flexibility index (Phi) is 6.82. The average molecular weight is 506 g/mol. The second kappa shape index (κ2) is 10.2. The van der Waals surface area contributed by atoms with Crippen LogP contribution in [0.4, 0.5) is 19.0 Å². The smallest absolute Gasteiger partial charge is 0.416 e. The summed E-state index contributed by atoms with van der Waals surface area (Å²) in [5, 5.41) is 0.932. The van der Waals surface area contributed by atoms with Crippen molar-refractivity contribution < 1.29 is 22.7 Å². The van der Waals surface area contributed by atoms with E-state index < -0.39 is 11.7 Å². The largest absolute Gasteiger partial charge is 0.466 e. The molecule has 1 fully saturated rings. The lowest BCUT2D eigenvalue weighted by molar-refractivity contribution is -0.148. The van der Waals surface area contributed by atoms with Crippen molar-refractivity contribution in [3.63, 3.8) is 0 Å². The Morgan fingerprint density at radius 2 is 1.62 bits per heavy atom. The number of hydrogen-bond acceptors (Lipinski definition) is 5. The van der Waals surface area contributed by atoms with Gasteiger partial charge in [-0.2, -0.15) is 13.2 Å². The van der Waals surface area contributed by atoms with Crippen LogP contribution >= 0.6 is 0 Å². The number of aromatic nitrogens is 2. The molecule has 0 spiro atoms. The van der Waals surface area contributed by atoms with Crippen LogP contribution in [-0.4, -0.2) is 35.6 Å². The number of fused-ring (bicyclic) bond motifs is 1. The molecule has 0 bridgehead atoms. The molecule has 5 nitrogen and oxygen atoms in total. The van der Waals surface area contributed by atoms with E-state index >= 15 is 0 Å². The average Bonchev–Trinajstić information content (AvgIpc) is 2.92. The zero-order valence-corrected chi connectivity index (χ0v) is 20.3. The molecule has 1 saturated heterocycles. The van der Waals surface area contributed by atoms with Crippen molar-refractivity contribution in [2.45, 2.75) is 25.9 Å². The molecule has 0 N–H and O–H groups in total. The maximum atomic E-state index is 13.1. The number of rotatable bonds is 5. The predicted molar refractivity (Wildman–Crippen MR) is 137 cm³/mol. The van der Waals surface area contributed by atoms with Crippen LogP contribution in [0, 0.1) is 5.92 Å². The van der Waals surface area contributed by atoms with E-state index in [0.717, 1.165) is 34.4 Å². The molecule has 8 heteroatoms. The lowest BCUT2D eigenvalue weighted by Crippen LogP contribution is -2.37. The fourth-order valence-electron chi connectivity index (χ4n) is 4.70. The summed E-state index contributed by atoms with van der Waals surface area (Å²) >= 11 is 0. The Morgan fingerprint density at radius 1 is 0.919 bits per heavy atom. The Bertz CT molecular complexity index is 1410. The van der Waals surface area contributed by atoms with Gasteiger partial charge in [0.15, 0.2) is 5.82 Å². The molecule has 0 atom stereocenters. The molecule has 0 radical (unpaired) electrons. The van der Waals surface area contributed by atoms with Gasteiger partial charge in [-0.25, -0.2) is 9.97 Å². The number of alkyl halides is 3. The molecular formula is C29H26F3N3O2. The van der Waals surface area contributed by atoms with Gasteiger partial charge in [0.05, 0.1) is 23.6 Å². The van der Waals surface area contributed by atoms with Crippen molar-refractivity contribution >= 4 is 22.7 Å². The second-order valence-corrected chi connectivity index (χ2v) is 9.06. The van der Waals surface area contributed by atoms with Crippen molar-refractivity contribution in [3.05, 3.63) is 78.4 Å². The van der Waals surface area contributed by atoms with Crippen LogP contribution in [0.15, 0.2) is 72.8 Å². The lowest BCUT2D eigenvalue weighted by Gasteiger charge is -2.32. The number of anilines is 1. The predicted octanol–water partition coefficient (Wildman–Crippen LogP) is 6.76. The van der Waals surface area contributed by atoms with Crippen molar-refractivity contribution in [3.8, 4) is 22.5 Å². The molecule has 0 aliphatic carbocycles. The molecule has 5 rings (SSSR count). The Labute approximate surface area is 212 Å². The number of hydrogen-bond donors (Lipinski definition) is 0. The number of halogens is 3. The molecule has 190 valence electrons. The fraction of sp³-hybridized carbons (Fsp3) is 0.276. The first-order valence-corrected chi connectivity index (χ1v) is 12.3. The van der Waals surface area contributed by atoms with Crippen molar-refractivity contribution in [2.24, 2.45) is 5.92 Å². The van der Waals surface area contributed by atoms with Crippen LogP contribution in [0.2, 0.25) is 0 Å². The Hall–Kier alpha value is -3.94. The van der Waals surface area contributed by atoms with Crippen LogP contribution in [0.1, 0.15) is 25.3 Å². The Morgan fingerprint density at radius 3 is 2.32 bits per heavy atom. The highest BCUT2D eigenvalue weighted by molar-refractivity contribution is 5.91. The fourth-order valence-corrected chi connectivity index (χ4v) is 4.70. The molecular weight excluding hydrogens is 479 g/mol. The third-order valence-corrected chi connectivity index (χ3v) is 6.66. The summed E-state index contributed by atoms with van der Waals surface area (Å²) in [4.78, 5) is 24.0. The second-order valence-electron chi connectivity index (χ2n) is 9.06. The van der Waals surface area contributed by atoms with Crippen LogP contribution in [-0.2, 0) is 15.7 Å². The summed E-state index contributed by atoms with van der Waals surface area (Å²) in [6.45, 7) is 3.55. The van der Waals surface area contributed by atoms with Crippen LogP contribution in [0.5, 0.6) is 0 Å². The highest BCUT2D eigenvalue weighted by atomic mass is 19.4. The van der Waals surface area contributed by atoms with Crippen molar-refractivity contribution in [1.29, 1.82) is 0 Å². The van der Waals surface area contributed by atoms with Crippen LogP contribution in [0.25, 0.3) is 33.4 Å². The van der Waals surface area contributed by atoms with Gasteiger partial charge in [-0.15, -0.1) is 0 Å². The molecule has 1 aliphatic rings. The number of benzene rings is 3. The zero-order chi connectivity index (χ0) is 26.0. The minimum Gasteiger partial charge on any atom is -0.466 e. The minimum atomic E-state index is -4.39. The minimum absolute atomic E-state index is 0.104. The monoisotopic (exact) mass is 505 g/mol. The summed E-state index contributed by atoms with van der Waals surface area (Å²) < 4.78 is 44.6. The van der Waals surface area contributed by atoms with E-state index in [-0.39, 0.29) is 11.9 Å². The first kappa shape index (κ1) is 24.7. The molecule has 0 amide bonds. The third-order valence-electron chi connectivity index (χ3n) is 6.66. The van der Waals surface area contributed by atoms with Gasteiger partial charge < -0.3 is 9.64 Å². The molecule has 3 aromatic carbocycles. The number of carbonyl (C=O) groups is 1. The van der Waals surface area contributed by atoms with Gasteiger partial charge in [-0.1, -0.05) is 48.5 Å². The van der Waals surface area contributed by atoms with Crippen LogP contribution in [0.3, 0.4) is 0 Å². The van der Waals surface area contributed by atoms with Crippen LogP contribution < -0.4 is 4.90 Å². The first-order valence-electron chi connectivity index (χ1n) is 12.3. The maximum absolute atomic E-state index is 13.1. The number of esters is 1. The van der Waals surface area contributed by atoms with E-state index in [1.807, 2.05) is 43.3 Å². The SMILES string of the molecule is CCOC(=O)C1CCN(c2nc(-c3ccc(-c4cccc(C(F)(F)F)c4)cc3)nc3ccccc23)CC1. The molecule has 2 heterocycles. The summed E-state index contributed by atoms with van der Waals surface area (Å²) in [5.74, 6) is 1.10. The zero-order valence-electron chi connectivity index (χ0n) is 20.3. The summed E-state index contributed by atoms with van der Waals surface area (Å²) in [5.41, 5.74) is 2.06. The summed E-state index contributed by atoms with van der Waals surface area (Å²) in [6.07, 6.45) is -3.01. The quantitative estimate of drug-likeness (QED) is 0.281. The van der Waals surface area contributed by atoms with Gasteiger partial charge in [0.1, 0.15) is 5.82 Å². The van der Waals surface area contributed by atoms with Gasteiger partial charge in [0.25, 0.3) is 0 Å². The standard InChI is InChI=1S/C29H26F3N3O2/c1-2-37-28(36)21-14-16-35(17-15-21)27-24-8-3-4-9-25(24)33-26(34-27)20-12-10-19(11-13-20)22-6-5-7-23(18-22)29(30,31)32/h3-13,18,21H,2,14-17H2,1H3. The molecule has 4 aromatic rings. The van der Waals surface area contributed by atoms with E-state index in [9.17, 15) is 18.0 Å². The van der Waals surface area contributed by atoms with E-state index in [1.165, 1.54) is 6.07 Å². The molecule has 37 heavy (non-hydrogen) atoms. The lowest BCUT2D eigenvalue weighted by atomic mass is 9.96. The third kappa shape index (κ3) is 5.28. The van der Waals surface area contributed by atoms with Gasteiger partial charge in [0.2, 0.25) is 0 Å². The summed E-state index contributed by atoms with van der Waals surface area (Å²) in [7, 11) is 0. The van der Waals surface area contributed by atoms with Crippen molar-refractivity contribution in [2.75, 3.05) is 24.6 Å². The number of ether oxygens (including phenoxy) is 1. The van der Waals surface area contributed by atoms with E-state index in [1.54, 1.807) is 18.2 Å². The Balaban J connectivity index is 1.44. The number of nitrogens with zero attached hydrogens (tertiary/aromatic N) is 3. The maximum Gasteiger partial charge on any atom is 0.416 e. The van der Waals surface area contributed by atoms with Gasteiger partial charge in [-0.05, 0) is 55.2 Å². The molecule has 0 saturated carbocycles. The van der Waals surface area contributed by atoms with Gasteiger partial charge in [0, 0.05) is 24.0 Å². The highest BCUT2D eigenvalue weighted by Gasteiger charge is 2.30. The topological polar surface area (TPSA) is 55.3 Å². The molecule has 1 aliphatic heterocycles. The van der Waals surface area contributed by atoms with Gasteiger partial charge >= 0.3 is 12.1 Å². The highest BCUT2D eigenvalue weighted by Crippen LogP contribution is 2.34. The van der Waals surface area contributed by atoms with Crippen molar-refractivity contribution in [1.82, 2.24) is 9.97 Å².